The minimum Gasteiger partial charge on any atom is -0.359 e. The molecule has 0 aromatic carbocycles. The van der Waals surface area contributed by atoms with Crippen LogP contribution in [0.15, 0.2) is 4.52 Å². The summed E-state index contributed by atoms with van der Waals surface area (Å²) in [4.78, 5) is 12.9. The van der Waals surface area contributed by atoms with E-state index >= 15 is 0 Å². The first-order chi connectivity index (χ1) is 6.18. The summed E-state index contributed by atoms with van der Waals surface area (Å²) < 4.78 is 5.12. The molecule has 0 spiro atoms. The lowest BCUT2D eigenvalue weighted by Gasteiger charge is -2.24. The summed E-state index contributed by atoms with van der Waals surface area (Å²) in [6, 6.07) is 0. The van der Waals surface area contributed by atoms with Crippen molar-refractivity contribution in [2.75, 3.05) is 6.54 Å². The van der Waals surface area contributed by atoms with Crippen LogP contribution in [0.1, 0.15) is 23.9 Å². The largest absolute Gasteiger partial charge is 0.359 e. The van der Waals surface area contributed by atoms with Crippen molar-refractivity contribution in [3.63, 3.8) is 0 Å². The zero-order valence-corrected chi connectivity index (χ0v) is 7.83. The molecule has 2 heterocycles. The first-order valence-electron chi connectivity index (χ1n) is 4.38. The van der Waals surface area contributed by atoms with Crippen molar-refractivity contribution < 1.29 is 9.32 Å². The fourth-order valence-electron chi connectivity index (χ4n) is 1.65. The molecule has 1 aliphatic heterocycles. The molecule has 0 saturated carbocycles. The van der Waals surface area contributed by atoms with E-state index in [0.29, 0.717) is 6.54 Å². The first-order valence-corrected chi connectivity index (χ1v) is 4.38. The van der Waals surface area contributed by atoms with Gasteiger partial charge in [-0.05, 0) is 13.3 Å². The molecule has 0 N–H and O–H groups in total. The molecule has 1 aliphatic rings. The first kappa shape index (κ1) is 8.29. The summed E-state index contributed by atoms with van der Waals surface area (Å²) in [6.07, 6.45) is 0.865. The topological polar surface area (TPSA) is 46.3 Å². The van der Waals surface area contributed by atoms with Crippen LogP contribution in [0.25, 0.3) is 0 Å². The molecule has 0 atom stereocenters. The Kier molecular flexibility index (Phi) is 1.83. The van der Waals surface area contributed by atoms with Gasteiger partial charge in [0.1, 0.15) is 0 Å². The Morgan fingerprint density at radius 3 is 3.08 bits per heavy atom. The van der Waals surface area contributed by atoms with Gasteiger partial charge >= 0.3 is 0 Å². The second-order valence-corrected chi connectivity index (χ2v) is 3.36. The van der Waals surface area contributed by atoms with Crippen molar-refractivity contribution in [3.8, 4) is 0 Å². The maximum absolute atomic E-state index is 11.1. The van der Waals surface area contributed by atoms with Crippen molar-refractivity contribution in [2.45, 2.75) is 26.8 Å². The van der Waals surface area contributed by atoms with Gasteiger partial charge in [-0.3, -0.25) is 4.79 Å². The van der Waals surface area contributed by atoms with Crippen LogP contribution in [-0.4, -0.2) is 22.5 Å². The number of carbonyl (C=O) groups is 1. The lowest BCUT2D eigenvalue weighted by Crippen LogP contribution is -2.33. The third-order valence-electron chi connectivity index (χ3n) is 2.48. The number of carbonyl (C=O) groups excluding carboxylic acids is 1. The fraction of sp³-hybridized carbons (Fsp3) is 0.556. The molecule has 0 saturated heterocycles. The van der Waals surface area contributed by atoms with Gasteiger partial charge < -0.3 is 9.42 Å². The number of aromatic nitrogens is 1. The summed E-state index contributed by atoms with van der Waals surface area (Å²) in [5.41, 5.74) is 2.13. The predicted molar refractivity (Wildman–Crippen MR) is 46.0 cm³/mol. The van der Waals surface area contributed by atoms with Crippen molar-refractivity contribution >= 4 is 5.91 Å². The van der Waals surface area contributed by atoms with Gasteiger partial charge in [-0.2, -0.15) is 0 Å². The van der Waals surface area contributed by atoms with Crippen LogP contribution in [0.5, 0.6) is 0 Å². The molecular weight excluding hydrogens is 168 g/mol. The molecule has 4 heteroatoms. The zero-order valence-electron chi connectivity index (χ0n) is 7.83. The summed E-state index contributed by atoms with van der Waals surface area (Å²) in [5, 5.41) is 3.88. The van der Waals surface area contributed by atoms with Crippen LogP contribution >= 0.6 is 0 Å². The van der Waals surface area contributed by atoms with Crippen LogP contribution in [0.3, 0.4) is 0 Å². The molecule has 1 aromatic rings. The highest BCUT2D eigenvalue weighted by Crippen LogP contribution is 2.21. The Hall–Kier alpha value is -1.32. The second kappa shape index (κ2) is 2.87. The number of hydrogen-bond acceptors (Lipinski definition) is 3. The number of fused-ring (bicyclic) bond motifs is 1. The monoisotopic (exact) mass is 180 g/mol. The Balaban J connectivity index is 2.25. The molecule has 1 amide bonds. The van der Waals surface area contributed by atoms with E-state index in [4.69, 9.17) is 4.52 Å². The molecule has 1 aromatic heterocycles. The Bertz CT molecular complexity index is 343. The van der Waals surface area contributed by atoms with E-state index < -0.39 is 0 Å². The summed E-state index contributed by atoms with van der Waals surface area (Å²) in [5.74, 6) is 0.943. The van der Waals surface area contributed by atoms with Crippen molar-refractivity contribution in [3.05, 3.63) is 17.0 Å². The number of rotatable bonds is 0. The lowest BCUT2D eigenvalue weighted by atomic mass is 10.1. The van der Waals surface area contributed by atoms with Gasteiger partial charge in [0.25, 0.3) is 0 Å². The van der Waals surface area contributed by atoms with Crippen molar-refractivity contribution in [1.82, 2.24) is 10.1 Å². The van der Waals surface area contributed by atoms with Crippen molar-refractivity contribution in [2.24, 2.45) is 0 Å². The summed E-state index contributed by atoms with van der Waals surface area (Å²) >= 11 is 0. The highest BCUT2D eigenvalue weighted by atomic mass is 16.5. The maximum atomic E-state index is 11.1. The second-order valence-electron chi connectivity index (χ2n) is 3.36. The standard InChI is InChI=1S/C9H12N2O2/c1-6-8-3-4-11(7(2)12)5-9(8)13-10-6/h3-5H2,1-2H3. The van der Waals surface area contributed by atoms with Gasteiger partial charge in [0.15, 0.2) is 5.76 Å². The van der Waals surface area contributed by atoms with E-state index in [1.54, 1.807) is 11.8 Å². The highest BCUT2D eigenvalue weighted by Gasteiger charge is 2.23. The fourth-order valence-corrected chi connectivity index (χ4v) is 1.65. The number of aryl methyl sites for hydroxylation is 1. The quantitative estimate of drug-likeness (QED) is 0.595. The minimum atomic E-state index is 0.0969. The van der Waals surface area contributed by atoms with E-state index in [0.717, 1.165) is 24.4 Å². The summed E-state index contributed by atoms with van der Waals surface area (Å²) in [6.45, 7) is 4.87. The lowest BCUT2D eigenvalue weighted by molar-refractivity contribution is -0.130. The van der Waals surface area contributed by atoms with Gasteiger partial charge in [0.05, 0.1) is 12.2 Å². The third-order valence-corrected chi connectivity index (χ3v) is 2.48. The molecule has 13 heavy (non-hydrogen) atoms. The van der Waals surface area contributed by atoms with Crippen LogP contribution in [-0.2, 0) is 17.8 Å². The molecule has 0 bridgehead atoms. The van der Waals surface area contributed by atoms with Gasteiger partial charge in [-0.25, -0.2) is 0 Å². The Morgan fingerprint density at radius 1 is 1.62 bits per heavy atom. The van der Waals surface area contributed by atoms with E-state index in [9.17, 15) is 4.79 Å². The SMILES string of the molecule is CC(=O)N1CCc2c(C)noc2C1. The Labute approximate surface area is 76.5 Å². The number of nitrogens with zero attached hydrogens (tertiary/aromatic N) is 2. The molecule has 0 unspecified atom stereocenters. The molecule has 2 rings (SSSR count). The average molecular weight is 180 g/mol. The molecular formula is C9H12N2O2. The summed E-state index contributed by atoms with van der Waals surface area (Å²) in [7, 11) is 0. The van der Waals surface area contributed by atoms with E-state index in [1.807, 2.05) is 6.92 Å². The van der Waals surface area contributed by atoms with E-state index in [1.165, 1.54) is 5.56 Å². The zero-order chi connectivity index (χ0) is 9.42. The Morgan fingerprint density at radius 2 is 2.38 bits per heavy atom. The van der Waals surface area contributed by atoms with Crippen molar-refractivity contribution in [1.29, 1.82) is 0 Å². The molecule has 0 radical (unpaired) electrons. The van der Waals surface area contributed by atoms with Gasteiger partial charge in [-0.1, -0.05) is 5.16 Å². The molecule has 70 valence electrons. The molecule has 0 aliphatic carbocycles. The smallest absolute Gasteiger partial charge is 0.219 e. The third kappa shape index (κ3) is 1.32. The van der Waals surface area contributed by atoms with Gasteiger partial charge in [0.2, 0.25) is 5.91 Å². The van der Waals surface area contributed by atoms with Crippen LogP contribution in [0, 0.1) is 6.92 Å². The highest BCUT2D eigenvalue weighted by molar-refractivity contribution is 5.73. The van der Waals surface area contributed by atoms with Gasteiger partial charge in [-0.15, -0.1) is 0 Å². The number of hydrogen-bond donors (Lipinski definition) is 0. The van der Waals surface area contributed by atoms with Crippen LogP contribution < -0.4 is 0 Å². The maximum Gasteiger partial charge on any atom is 0.219 e. The molecule has 4 nitrogen and oxygen atoms in total. The average Bonchev–Trinajstić information content (AvgIpc) is 2.47. The van der Waals surface area contributed by atoms with Gasteiger partial charge in [0, 0.05) is 19.0 Å². The van der Waals surface area contributed by atoms with E-state index in [2.05, 4.69) is 5.16 Å². The van der Waals surface area contributed by atoms with E-state index in [-0.39, 0.29) is 5.91 Å². The normalized spacial score (nSPS) is 15.7. The molecule has 0 fully saturated rings. The van der Waals surface area contributed by atoms with Crippen LogP contribution in [0.4, 0.5) is 0 Å². The predicted octanol–water partition coefficient (Wildman–Crippen LogP) is 0.888. The van der Waals surface area contributed by atoms with Crippen LogP contribution in [0.2, 0.25) is 0 Å². The number of amides is 1. The minimum absolute atomic E-state index is 0.0969.